The summed E-state index contributed by atoms with van der Waals surface area (Å²) in [5.74, 6) is 0.480. The van der Waals surface area contributed by atoms with Gasteiger partial charge in [-0.2, -0.15) is 0 Å². The van der Waals surface area contributed by atoms with Crippen LogP contribution in [0, 0.1) is 13.8 Å². The molecule has 1 saturated heterocycles. The molecule has 0 saturated carbocycles. The van der Waals surface area contributed by atoms with E-state index < -0.39 is 0 Å². The highest BCUT2D eigenvalue weighted by molar-refractivity contribution is 8.00. The highest BCUT2D eigenvalue weighted by Crippen LogP contribution is 2.28. The fourth-order valence-corrected chi connectivity index (χ4v) is 5.12. The standard InChI is InChI=1S/C24H25N5O3S/c1-15-8-9-16(2)20(14-15)28-22(31)18-6-4-5-7-19(18)29-23(28)25-26-24(29)33-17(3)21(30)27-10-12-32-13-11-27/h4-9,14,17H,10-13H2,1-3H3. The largest absolute Gasteiger partial charge is 0.378 e. The molecule has 170 valence electrons. The molecule has 2 aromatic heterocycles. The van der Waals surface area contributed by atoms with Crippen molar-refractivity contribution < 1.29 is 9.53 Å². The van der Waals surface area contributed by atoms with Crippen LogP contribution in [-0.2, 0) is 9.53 Å². The number of hydrogen-bond acceptors (Lipinski definition) is 6. The average Bonchev–Trinajstić information content (AvgIpc) is 3.24. The van der Waals surface area contributed by atoms with Crippen molar-refractivity contribution in [1.82, 2.24) is 24.1 Å². The molecule has 1 unspecified atom stereocenters. The summed E-state index contributed by atoms with van der Waals surface area (Å²) < 4.78 is 8.87. The number of para-hydroxylation sites is 1. The van der Waals surface area contributed by atoms with E-state index in [1.54, 1.807) is 4.57 Å². The van der Waals surface area contributed by atoms with Crippen molar-refractivity contribution in [3.05, 3.63) is 63.9 Å². The highest BCUT2D eigenvalue weighted by Gasteiger charge is 2.26. The number of carbonyl (C=O) groups is 1. The van der Waals surface area contributed by atoms with Crippen LogP contribution in [0.15, 0.2) is 52.4 Å². The maximum Gasteiger partial charge on any atom is 0.267 e. The zero-order valence-electron chi connectivity index (χ0n) is 18.8. The van der Waals surface area contributed by atoms with E-state index in [-0.39, 0.29) is 16.7 Å². The Morgan fingerprint density at radius 2 is 1.85 bits per heavy atom. The first-order valence-corrected chi connectivity index (χ1v) is 11.8. The maximum atomic E-state index is 13.6. The van der Waals surface area contributed by atoms with Gasteiger partial charge >= 0.3 is 0 Å². The van der Waals surface area contributed by atoms with Gasteiger partial charge in [0.05, 0.1) is 35.1 Å². The molecule has 1 atom stereocenters. The lowest BCUT2D eigenvalue weighted by molar-refractivity contribution is -0.134. The molecule has 3 heterocycles. The number of benzene rings is 2. The molecule has 0 aliphatic carbocycles. The van der Waals surface area contributed by atoms with E-state index in [9.17, 15) is 9.59 Å². The number of amides is 1. The summed E-state index contributed by atoms with van der Waals surface area (Å²) >= 11 is 1.36. The number of ether oxygens (including phenoxy) is 1. The number of thioether (sulfide) groups is 1. The van der Waals surface area contributed by atoms with Crippen LogP contribution in [0.1, 0.15) is 18.1 Å². The normalized spacial score (nSPS) is 15.3. The molecule has 0 bridgehead atoms. The third kappa shape index (κ3) is 3.81. The number of rotatable bonds is 4. The van der Waals surface area contributed by atoms with Crippen LogP contribution in [0.4, 0.5) is 0 Å². The monoisotopic (exact) mass is 463 g/mol. The minimum Gasteiger partial charge on any atom is -0.378 e. The molecular formula is C24H25N5O3S. The molecule has 33 heavy (non-hydrogen) atoms. The van der Waals surface area contributed by atoms with Crippen molar-refractivity contribution in [1.29, 1.82) is 0 Å². The molecule has 0 radical (unpaired) electrons. The molecule has 8 nitrogen and oxygen atoms in total. The van der Waals surface area contributed by atoms with E-state index in [1.807, 2.05) is 72.5 Å². The Hall–Kier alpha value is -3.17. The number of morpholine rings is 1. The van der Waals surface area contributed by atoms with E-state index in [4.69, 9.17) is 4.74 Å². The molecule has 2 aromatic carbocycles. The number of carbonyl (C=O) groups excluding carboxylic acids is 1. The number of aryl methyl sites for hydroxylation is 2. The van der Waals surface area contributed by atoms with Gasteiger partial charge in [-0.25, -0.2) is 4.57 Å². The van der Waals surface area contributed by atoms with E-state index in [2.05, 4.69) is 10.2 Å². The van der Waals surface area contributed by atoms with Crippen molar-refractivity contribution in [2.75, 3.05) is 26.3 Å². The number of nitrogens with zero attached hydrogens (tertiary/aromatic N) is 5. The van der Waals surface area contributed by atoms with Gasteiger partial charge in [0, 0.05) is 13.1 Å². The molecule has 1 aliphatic heterocycles. The summed E-state index contributed by atoms with van der Waals surface area (Å²) in [5.41, 5.74) is 3.36. The topological polar surface area (TPSA) is 81.7 Å². The third-order valence-corrected chi connectivity index (χ3v) is 6.98. The molecule has 4 aromatic rings. The Morgan fingerprint density at radius 3 is 2.64 bits per heavy atom. The van der Waals surface area contributed by atoms with Gasteiger partial charge in [0.1, 0.15) is 0 Å². The fourth-order valence-electron chi connectivity index (χ4n) is 4.18. The van der Waals surface area contributed by atoms with Crippen molar-refractivity contribution in [3.8, 4) is 5.69 Å². The first kappa shape index (κ1) is 21.7. The zero-order chi connectivity index (χ0) is 23.1. The minimum absolute atomic E-state index is 0.0483. The average molecular weight is 464 g/mol. The molecule has 0 N–H and O–H groups in total. The molecule has 5 rings (SSSR count). The van der Waals surface area contributed by atoms with Gasteiger partial charge in [0.2, 0.25) is 11.7 Å². The van der Waals surface area contributed by atoms with E-state index in [0.29, 0.717) is 42.6 Å². The maximum absolute atomic E-state index is 13.6. The van der Waals surface area contributed by atoms with Gasteiger partial charge in [-0.05, 0) is 50.1 Å². The van der Waals surface area contributed by atoms with Crippen LogP contribution in [-0.4, -0.2) is 61.5 Å². The summed E-state index contributed by atoms with van der Waals surface area (Å²) in [5, 5.41) is 9.62. The lowest BCUT2D eigenvalue weighted by Gasteiger charge is -2.28. The third-order valence-electron chi connectivity index (χ3n) is 5.95. The van der Waals surface area contributed by atoms with E-state index in [0.717, 1.165) is 22.3 Å². The van der Waals surface area contributed by atoms with Crippen LogP contribution >= 0.6 is 11.8 Å². The zero-order valence-corrected chi connectivity index (χ0v) is 19.6. The molecule has 1 amide bonds. The quantitative estimate of drug-likeness (QED) is 0.433. The summed E-state index contributed by atoms with van der Waals surface area (Å²) in [6.07, 6.45) is 0. The van der Waals surface area contributed by atoms with Gasteiger partial charge in [-0.1, -0.05) is 36.0 Å². The SMILES string of the molecule is Cc1ccc(C)c(-n2c(=O)c3ccccc3n3c(SC(C)C(=O)N4CCOCC4)nnc23)c1. The Morgan fingerprint density at radius 1 is 1.09 bits per heavy atom. The molecule has 1 fully saturated rings. The first-order valence-electron chi connectivity index (χ1n) is 11.0. The van der Waals surface area contributed by atoms with Gasteiger partial charge in [0.15, 0.2) is 5.16 Å². The second-order valence-corrected chi connectivity index (χ2v) is 9.57. The second-order valence-electron chi connectivity index (χ2n) is 8.26. The number of aromatic nitrogens is 4. The van der Waals surface area contributed by atoms with Crippen LogP contribution in [0.3, 0.4) is 0 Å². The Bertz CT molecular complexity index is 1420. The Balaban J connectivity index is 1.67. The van der Waals surface area contributed by atoms with Crippen molar-refractivity contribution in [2.45, 2.75) is 31.2 Å². The van der Waals surface area contributed by atoms with Crippen molar-refractivity contribution >= 4 is 34.3 Å². The predicted octanol–water partition coefficient (Wildman–Crippen LogP) is 2.99. The first-order chi connectivity index (χ1) is 16.0. The molecule has 1 aliphatic rings. The fraction of sp³-hybridized carbons (Fsp3) is 0.333. The van der Waals surface area contributed by atoms with Crippen LogP contribution in [0.5, 0.6) is 0 Å². The number of fused-ring (bicyclic) bond motifs is 3. The lowest BCUT2D eigenvalue weighted by atomic mass is 10.1. The van der Waals surface area contributed by atoms with Crippen LogP contribution in [0.2, 0.25) is 0 Å². The molecular weight excluding hydrogens is 438 g/mol. The summed E-state index contributed by atoms with van der Waals surface area (Å²) in [6, 6.07) is 13.4. The summed E-state index contributed by atoms with van der Waals surface area (Å²) in [7, 11) is 0. The summed E-state index contributed by atoms with van der Waals surface area (Å²) in [4.78, 5) is 28.4. The minimum atomic E-state index is -0.352. The van der Waals surface area contributed by atoms with Gasteiger partial charge in [-0.3, -0.25) is 14.0 Å². The highest BCUT2D eigenvalue weighted by atomic mass is 32.2. The van der Waals surface area contributed by atoms with Gasteiger partial charge < -0.3 is 9.64 Å². The smallest absolute Gasteiger partial charge is 0.267 e. The van der Waals surface area contributed by atoms with E-state index in [1.165, 1.54) is 11.8 Å². The van der Waals surface area contributed by atoms with Crippen molar-refractivity contribution in [3.63, 3.8) is 0 Å². The number of hydrogen-bond donors (Lipinski definition) is 0. The summed E-state index contributed by atoms with van der Waals surface area (Å²) in [6.45, 7) is 8.16. The Labute approximate surface area is 195 Å². The Kier molecular flexibility index (Phi) is 5.67. The van der Waals surface area contributed by atoms with Crippen LogP contribution < -0.4 is 5.56 Å². The van der Waals surface area contributed by atoms with Gasteiger partial charge in [-0.15, -0.1) is 10.2 Å². The molecule has 9 heteroatoms. The van der Waals surface area contributed by atoms with Crippen molar-refractivity contribution in [2.24, 2.45) is 0 Å². The lowest BCUT2D eigenvalue weighted by Crippen LogP contribution is -2.44. The predicted molar refractivity (Wildman–Crippen MR) is 128 cm³/mol. The van der Waals surface area contributed by atoms with E-state index >= 15 is 0 Å². The van der Waals surface area contributed by atoms with Crippen LogP contribution in [0.25, 0.3) is 22.4 Å². The van der Waals surface area contributed by atoms with Gasteiger partial charge in [0.25, 0.3) is 5.56 Å². The molecule has 0 spiro atoms. The second kappa shape index (κ2) is 8.64.